The Kier molecular flexibility index (Phi) is 1.81. The fraction of sp³-hybridized carbons (Fsp3) is 0. The van der Waals surface area contributed by atoms with Crippen molar-refractivity contribution in [1.82, 2.24) is 4.98 Å². The van der Waals surface area contributed by atoms with Crippen molar-refractivity contribution < 1.29 is 15.0 Å². The Balaban J connectivity index is 2.78. The molecular formula is C10H7NO3. The highest BCUT2D eigenvalue weighted by molar-refractivity contribution is 5.96. The second-order valence-corrected chi connectivity index (χ2v) is 2.90. The number of carbonyl (C=O) groups is 1. The van der Waals surface area contributed by atoms with Gasteiger partial charge < -0.3 is 10.2 Å². The molecule has 1 aromatic carbocycles. The minimum Gasteiger partial charge on any atom is -0.507 e. The first-order valence-electron chi connectivity index (χ1n) is 3.98. The number of carboxylic acid groups (broad SMARTS) is 1. The molecule has 2 rings (SSSR count). The van der Waals surface area contributed by atoms with Crippen molar-refractivity contribution in [2.75, 3.05) is 0 Å². The third-order valence-corrected chi connectivity index (χ3v) is 1.98. The molecule has 0 unspecified atom stereocenters. The molecule has 0 atom stereocenters. The SMILES string of the molecule is O=C(O)c1cc(O)c2cnccc2c1. The maximum atomic E-state index is 10.7. The van der Waals surface area contributed by atoms with Gasteiger partial charge >= 0.3 is 5.97 Å². The summed E-state index contributed by atoms with van der Waals surface area (Å²) in [6.07, 6.45) is 3.05. The highest BCUT2D eigenvalue weighted by Gasteiger charge is 2.07. The van der Waals surface area contributed by atoms with Gasteiger partial charge in [-0.3, -0.25) is 4.98 Å². The van der Waals surface area contributed by atoms with E-state index in [1.165, 1.54) is 18.3 Å². The van der Waals surface area contributed by atoms with Crippen molar-refractivity contribution in [2.45, 2.75) is 0 Å². The van der Waals surface area contributed by atoms with Crippen LogP contribution >= 0.6 is 0 Å². The number of benzene rings is 1. The largest absolute Gasteiger partial charge is 0.507 e. The summed E-state index contributed by atoms with van der Waals surface area (Å²) in [5, 5.41) is 19.5. The molecule has 0 amide bonds. The van der Waals surface area contributed by atoms with E-state index in [4.69, 9.17) is 5.11 Å². The zero-order chi connectivity index (χ0) is 10.1. The van der Waals surface area contributed by atoms with Crippen molar-refractivity contribution in [2.24, 2.45) is 0 Å². The van der Waals surface area contributed by atoms with Crippen LogP contribution in [-0.2, 0) is 0 Å². The molecule has 4 nitrogen and oxygen atoms in total. The molecule has 0 spiro atoms. The number of carboxylic acids is 1. The monoisotopic (exact) mass is 189 g/mol. The number of pyridine rings is 1. The van der Waals surface area contributed by atoms with Crippen LogP contribution in [0.1, 0.15) is 10.4 Å². The zero-order valence-electron chi connectivity index (χ0n) is 7.14. The van der Waals surface area contributed by atoms with Crippen LogP contribution in [-0.4, -0.2) is 21.2 Å². The van der Waals surface area contributed by atoms with Gasteiger partial charge in [-0.05, 0) is 23.6 Å². The molecule has 0 saturated carbocycles. The van der Waals surface area contributed by atoms with E-state index in [2.05, 4.69) is 4.98 Å². The fourth-order valence-electron chi connectivity index (χ4n) is 1.30. The van der Waals surface area contributed by atoms with Crippen molar-refractivity contribution in [3.63, 3.8) is 0 Å². The van der Waals surface area contributed by atoms with Gasteiger partial charge in [-0.1, -0.05) is 0 Å². The molecular weight excluding hydrogens is 182 g/mol. The Hall–Kier alpha value is -2.10. The number of hydrogen-bond acceptors (Lipinski definition) is 3. The summed E-state index contributed by atoms with van der Waals surface area (Å²) >= 11 is 0. The third-order valence-electron chi connectivity index (χ3n) is 1.98. The molecule has 0 aliphatic rings. The van der Waals surface area contributed by atoms with Gasteiger partial charge in [-0.15, -0.1) is 0 Å². The van der Waals surface area contributed by atoms with E-state index in [-0.39, 0.29) is 11.3 Å². The molecule has 0 radical (unpaired) electrons. The van der Waals surface area contributed by atoms with E-state index in [0.29, 0.717) is 10.8 Å². The number of aromatic carboxylic acids is 1. The maximum Gasteiger partial charge on any atom is 0.335 e. The number of phenols is 1. The molecule has 2 aromatic rings. The summed E-state index contributed by atoms with van der Waals surface area (Å²) in [5.41, 5.74) is 0.0706. The highest BCUT2D eigenvalue weighted by atomic mass is 16.4. The summed E-state index contributed by atoms with van der Waals surface area (Å²) in [4.78, 5) is 14.5. The number of phenolic OH excluding ortho intramolecular Hbond substituents is 1. The minimum atomic E-state index is -1.06. The normalized spacial score (nSPS) is 10.3. The van der Waals surface area contributed by atoms with Crippen molar-refractivity contribution >= 4 is 16.7 Å². The van der Waals surface area contributed by atoms with Gasteiger partial charge in [0.2, 0.25) is 0 Å². The lowest BCUT2D eigenvalue weighted by atomic mass is 10.1. The van der Waals surface area contributed by atoms with Crippen LogP contribution in [0.25, 0.3) is 10.8 Å². The Labute approximate surface area is 79.4 Å². The van der Waals surface area contributed by atoms with Crippen molar-refractivity contribution in [3.8, 4) is 5.75 Å². The second kappa shape index (κ2) is 2.99. The average molecular weight is 189 g/mol. The van der Waals surface area contributed by atoms with E-state index < -0.39 is 5.97 Å². The maximum absolute atomic E-state index is 10.7. The molecule has 70 valence electrons. The van der Waals surface area contributed by atoms with E-state index in [1.807, 2.05) is 0 Å². The molecule has 14 heavy (non-hydrogen) atoms. The number of hydrogen-bond donors (Lipinski definition) is 2. The van der Waals surface area contributed by atoms with Gasteiger partial charge in [0.25, 0.3) is 0 Å². The van der Waals surface area contributed by atoms with Crippen molar-refractivity contribution in [1.29, 1.82) is 0 Å². The summed E-state index contributed by atoms with van der Waals surface area (Å²) in [7, 11) is 0. The van der Waals surface area contributed by atoms with E-state index in [0.717, 1.165) is 0 Å². The molecule has 0 aliphatic heterocycles. The van der Waals surface area contributed by atoms with E-state index in [1.54, 1.807) is 12.3 Å². The summed E-state index contributed by atoms with van der Waals surface area (Å²) in [6, 6.07) is 4.37. The lowest BCUT2D eigenvalue weighted by Crippen LogP contribution is -1.95. The van der Waals surface area contributed by atoms with Crippen LogP contribution in [0.2, 0.25) is 0 Å². The number of fused-ring (bicyclic) bond motifs is 1. The summed E-state index contributed by atoms with van der Waals surface area (Å²) < 4.78 is 0. The zero-order valence-corrected chi connectivity index (χ0v) is 7.14. The quantitative estimate of drug-likeness (QED) is 0.715. The number of rotatable bonds is 1. The van der Waals surface area contributed by atoms with Crippen LogP contribution in [0.4, 0.5) is 0 Å². The Morgan fingerprint density at radius 3 is 2.86 bits per heavy atom. The highest BCUT2D eigenvalue weighted by Crippen LogP contribution is 2.25. The fourth-order valence-corrected chi connectivity index (χ4v) is 1.30. The average Bonchev–Trinajstić information content (AvgIpc) is 2.17. The smallest absolute Gasteiger partial charge is 0.335 e. The first-order chi connectivity index (χ1) is 6.68. The minimum absolute atomic E-state index is 0.0620. The predicted molar refractivity (Wildman–Crippen MR) is 50.4 cm³/mol. The molecule has 0 saturated heterocycles. The van der Waals surface area contributed by atoms with Gasteiger partial charge in [0.1, 0.15) is 5.75 Å². The number of aromatic nitrogens is 1. The molecule has 2 N–H and O–H groups in total. The van der Waals surface area contributed by atoms with Crippen LogP contribution in [0.5, 0.6) is 5.75 Å². The standard InChI is InChI=1S/C10H7NO3/c12-9-4-7(10(13)14)3-6-1-2-11-5-8(6)9/h1-5,12H,(H,13,14). The van der Waals surface area contributed by atoms with Crippen LogP contribution in [0, 0.1) is 0 Å². The van der Waals surface area contributed by atoms with Crippen LogP contribution in [0.3, 0.4) is 0 Å². The molecule has 0 aliphatic carbocycles. The lowest BCUT2D eigenvalue weighted by molar-refractivity contribution is 0.0696. The van der Waals surface area contributed by atoms with Gasteiger partial charge in [0, 0.05) is 17.8 Å². The Morgan fingerprint density at radius 2 is 2.14 bits per heavy atom. The van der Waals surface area contributed by atoms with Crippen molar-refractivity contribution in [3.05, 3.63) is 36.2 Å². The van der Waals surface area contributed by atoms with Gasteiger partial charge in [-0.25, -0.2) is 4.79 Å². The van der Waals surface area contributed by atoms with E-state index >= 15 is 0 Å². The summed E-state index contributed by atoms with van der Waals surface area (Å²) in [6.45, 7) is 0. The third kappa shape index (κ3) is 1.26. The van der Waals surface area contributed by atoms with Gasteiger partial charge in [0.05, 0.1) is 5.56 Å². The topological polar surface area (TPSA) is 70.4 Å². The number of aromatic hydroxyl groups is 1. The predicted octanol–water partition coefficient (Wildman–Crippen LogP) is 1.64. The van der Waals surface area contributed by atoms with Gasteiger partial charge in [-0.2, -0.15) is 0 Å². The molecule has 0 fully saturated rings. The first-order valence-corrected chi connectivity index (χ1v) is 3.98. The van der Waals surface area contributed by atoms with Crippen LogP contribution in [0.15, 0.2) is 30.6 Å². The van der Waals surface area contributed by atoms with Gasteiger partial charge in [0.15, 0.2) is 0 Å². The summed E-state index contributed by atoms with van der Waals surface area (Å²) in [5.74, 6) is -1.12. The first kappa shape index (κ1) is 8.50. The molecule has 4 heteroatoms. The number of nitrogens with zero attached hydrogens (tertiary/aromatic N) is 1. The lowest BCUT2D eigenvalue weighted by Gasteiger charge is -2.01. The molecule has 1 heterocycles. The molecule has 0 bridgehead atoms. The second-order valence-electron chi connectivity index (χ2n) is 2.90. The Bertz CT molecular complexity index is 508. The Morgan fingerprint density at radius 1 is 1.36 bits per heavy atom. The van der Waals surface area contributed by atoms with E-state index in [9.17, 15) is 9.90 Å². The molecule has 1 aromatic heterocycles. The van der Waals surface area contributed by atoms with Crippen LogP contribution < -0.4 is 0 Å².